The molecule has 0 unspecified atom stereocenters. The number of benzene rings is 1. The van der Waals surface area contributed by atoms with Crippen molar-refractivity contribution in [1.82, 2.24) is 4.90 Å². The number of ether oxygens (including phenoxy) is 2. The van der Waals surface area contributed by atoms with Crippen molar-refractivity contribution in [2.75, 3.05) is 39.5 Å². The lowest BCUT2D eigenvalue weighted by molar-refractivity contribution is 0.0674. The van der Waals surface area contributed by atoms with Crippen molar-refractivity contribution in [3.63, 3.8) is 0 Å². The Morgan fingerprint density at radius 3 is 2.76 bits per heavy atom. The molecule has 1 heterocycles. The number of hydrogen-bond donors (Lipinski definition) is 1. The summed E-state index contributed by atoms with van der Waals surface area (Å²) in [5.74, 6) is 1.97. The first-order chi connectivity index (χ1) is 10.2. The van der Waals surface area contributed by atoms with Crippen LogP contribution < -0.4 is 10.5 Å². The van der Waals surface area contributed by atoms with Crippen LogP contribution in [-0.2, 0) is 4.74 Å². The maximum absolute atomic E-state index is 5.97. The van der Waals surface area contributed by atoms with E-state index in [0.29, 0.717) is 38.2 Å². The smallest absolute Gasteiger partial charge is 0.191 e. The maximum atomic E-state index is 5.97. The summed E-state index contributed by atoms with van der Waals surface area (Å²) in [4.78, 5) is 6.42. The van der Waals surface area contributed by atoms with Gasteiger partial charge in [0, 0.05) is 13.1 Å². The van der Waals surface area contributed by atoms with E-state index in [1.165, 1.54) is 5.56 Å². The van der Waals surface area contributed by atoms with Gasteiger partial charge in [0.1, 0.15) is 12.4 Å². The summed E-state index contributed by atoms with van der Waals surface area (Å²) in [5, 5.41) is 0. The van der Waals surface area contributed by atoms with Crippen molar-refractivity contribution in [1.29, 1.82) is 0 Å². The van der Waals surface area contributed by atoms with Gasteiger partial charge in [0.05, 0.1) is 19.8 Å². The monoisotopic (exact) mass is 291 g/mol. The highest BCUT2D eigenvalue weighted by Gasteiger charge is 2.12. The maximum Gasteiger partial charge on any atom is 0.191 e. The average Bonchev–Trinajstić information content (AvgIpc) is 2.52. The van der Waals surface area contributed by atoms with Crippen LogP contribution in [0.3, 0.4) is 0 Å². The lowest BCUT2D eigenvalue weighted by Crippen LogP contribution is -2.45. The van der Waals surface area contributed by atoms with Crippen LogP contribution in [0.5, 0.6) is 5.75 Å². The Bertz CT molecular complexity index is 468. The number of guanidine groups is 1. The topological polar surface area (TPSA) is 60.1 Å². The Kier molecular flexibility index (Phi) is 5.87. The quantitative estimate of drug-likeness (QED) is 0.511. The van der Waals surface area contributed by atoms with Gasteiger partial charge in [-0.3, -0.25) is 0 Å². The zero-order chi connectivity index (χ0) is 15.1. The van der Waals surface area contributed by atoms with Gasteiger partial charge < -0.3 is 20.1 Å². The molecule has 5 nitrogen and oxygen atoms in total. The zero-order valence-corrected chi connectivity index (χ0v) is 12.9. The number of hydrogen-bond acceptors (Lipinski definition) is 3. The van der Waals surface area contributed by atoms with Crippen LogP contribution in [0.2, 0.25) is 0 Å². The predicted octanol–water partition coefficient (Wildman–Crippen LogP) is 1.84. The number of nitrogens with zero attached hydrogens (tertiary/aromatic N) is 2. The molecular weight excluding hydrogens is 266 g/mol. The number of aliphatic imine (C=N–C) groups is 1. The molecule has 0 amide bonds. The Labute approximate surface area is 126 Å². The highest BCUT2D eigenvalue weighted by atomic mass is 16.5. The number of nitrogens with two attached hydrogens (primary N) is 1. The van der Waals surface area contributed by atoms with E-state index in [1.54, 1.807) is 0 Å². The molecule has 116 valence electrons. The summed E-state index contributed by atoms with van der Waals surface area (Å²) in [6.45, 7) is 8.49. The summed E-state index contributed by atoms with van der Waals surface area (Å²) in [5.41, 5.74) is 7.20. The van der Waals surface area contributed by atoms with Gasteiger partial charge >= 0.3 is 0 Å². The second-order valence-electron chi connectivity index (χ2n) is 5.38. The largest absolute Gasteiger partial charge is 0.491 e. The van der Waals surface area contributed by atoms with Crippen LogP contribution >= 0.6 is 0 Å². The highest BCUT2D eigenvalue weighted by Crippen LogP contribution is 2.25. The predicted molar refractivity (Wildman–Crippen MR) is 84.9 cm³/mol. The number of rotatable bonds is 5. The summed E-state index contributed by atoms with van der Waals surface area (Å²) < 4.78 is 11.1. The van der Waals surface area contributed by atoms with Gasteiger partial charge in [0.2, 0.25) is 0 Å². The molecule has 0 spiro atoms. The fourth-order valence-corrected chi connectivity index (χ4v) is 2.30. The standard InChI is InChI=1S/C16H25N3O2/c1-13(2)14-5-3-4-6-15(14)21-10-7-18-16(17)19-8-11-20-12-9-19/h3-6,13H,7-12H2,1-2H3,(H2,17,18). The van der Waals surface area contributed by atoms with E-state index in [2.05, 4.69) is 24.9 Å². The average molecular weight is 291 g/mol. The fourth-order valence-electron chi connectivity index (χ4n) is 2.30. The molecule has 2 N–H and O–H groups in total. The van der Waals surface area contributed by atoms with Crippen molar-refractivity contribution in [3.05, 3.63) is 29.8 Å². The minimum atomic E-state index is 0.447. The van der Waals surface area contributed by atoms with Gasteiger partial charge in [-0.05, 0) is 17.5 Å². The third-order valence-corrected chi connectivity index (χ3v) is 3.50. The van der Waals surface area contributed by atoms with E-state index in [0.717, 1.165) is 18.8 Å². The second-order valence-corrected chi connectivity index (χ2v) is 5.38. The van der Waals surface area contributed by atoms with Gasteiger partial charge in [-0.2, -0.15) is 0 Å². The summed E-state index contributed by atoms with van der Waals surface area (Å²) in [7, 11) is 0. The van der Waals surface area contributed by atoms with Gasteiger partial charge in [-0.1, -0.05) is 32.0 Å². The van der Waals surface area contributed by atoms with Gasteiger partial charge in [-0.25, -0.2) is 4.99 Å². The van der Waals surface area contributed by atoms with E-state index in [4.69, 9.17) is 15.2 Å². The molecule has 1 aromatic rings. The first-order valence-electron chi connectivity index (χ1n) is 7.53. The fraction of sp³-hybridized carbons (Fsp3) is 0.562. The molecule has 1 saturated heterocycles. The lowest BCUT2D eigenvalue weighted by Gasteiger charge is -2.27. The van der Waals surface area contributed by atoms with E-state index >= 15 is 0 Å². The molecule has 1 aromatic carbocycles. The molecule has 0 bridgehead atoms. The lowest BCUT2D eigenvalue weighted by atomic mass is 10.0. The molecule has 0 atom stereocenters. The summed E-state index contributed by atoms with van der Waals surface area (Å²) >= 11 is 0. The number of para-hydroxylation sites is 1. The van der Waals surface area contributed by atoms with Gasteiger partial charge in [0.15, 0.2) is 5.96 Å². The minimum absolute atomic E-state index is 0.447. The molecule has 0 saturated carbocycles. The molecule has 0 radical (unpaired) electrons. The highest BCUT2D eigenvalue weighted by molar-refractivity contribution is 5.78. The second kappa shape index (κ2) is 7.88. The Morgan fingerprint density at radius 2 is 2.05 bits per heavy atom. The van der Waals surface area contributed by atoms with E-state index in [9.17, 15) is 0 Å². The zero-order valence-electron chi connectivity index (χ0n) is 12.9. The molecule has 2 rings (SSSR count). The summed E-state index contributed by atoms with van der Waals surface area (Å²) in [6, 6.07) is 8.14. The third-order valence-electron chi connectivity index (χ3n) is 3.50. The molecule has 1 aliphatic rings. The number of morpholine rings is 1. The van der Waals surface area contributed by atoms with Crippen molar-refractivity contribution in [2.24, 2.45) is 10.7 Å². The normalized spacial score (nSPS) is 16.3. The molecule has 1 aliphatic heterocycles. The van der Waals surface area contributed by atoms with Gasteiger partial charge in [-0.15, -0.1) is 0 Å². The van der Waals surface area contributed by atoms with Crippen molar-refractivity contribution in [3.8, 4) is 5.75 Å². The Morgan fingerprint density at radius 1 is 1.33 bits per heavy atom. The third kappa shape index (κ3) is 4.63. The molecule has 0 aliphatic carbocycles. The van der Waals surface area contributed by atoms with Crippen LogP contribution in [0.1, 0.15) is 25.3 Å². The van der Waals surface area contributed by atoms with Crippen molar-refractivity contribution in [2.45, 2.75) is 19.8 Å². The SMILES string of the molecule is CC(C)c1ccccc1OCCN=C(N)N1CCOCC1. The minimum Gasteiger partial charge on any atom is -0.491 e. The molecule has 5 heteroatoms. The first kappa shape index (κ1) is 15.6. The van der Waals surface area contributed by atoms with E-state index in [1.807, 2.05) is 23.1 Å². The van der Waals surface area contributed by atoms with Crippen LogP contribution in [0.4, 0.5) is 0 Å². The molecule has 1 fully saturated rings. The van der Waals surface area contributed by atoms with E-state index < -0.39 is 0 Å². The van der Waals surface area contributed by atoms with Crippen LogP contribution in [-0.4, -0.2) is 50.3 Å². The first-order valence-corrected chi connectivity index (χ1v) is 7.53. The van der Waals surface area contributed by atoms with Crippen LogP contribution in [0.15, 0.2) is 29.3 Å². The van der Waals surface area contributed by atoms with Crippen molar-refractivity contribution < 1.29 is 9.47 Å². The Balaban J connectivity index is 1.81. The Hall–Kier alpha value is -1.75. The molecule has 21 heavy (non-hydrogen) atoms. The molecular formula is C16H25N3O2. The van der Waals surface area contributed by atoms with E-state index in [-0.39, 0.29) is 0 Å². The van der Waals surface area contributed by atoms with Crippen LogP contribution in [0.25, 0.3) is 0 Å². The molecule has 0 aromatic heterocycles. The van der Waals surface area contributed by atoms with Crippen LogP contribution in [0, 0.1) is 0 Å². The van der Waals surface area contributed by atoms with Crippen molar-refractivity contribution >= 4 is 5.96 Å². The van der Waals surface area contributed by atoms with Gasteiger partial charge in [0.25, 0.3) is 0 Å². The summed E-state index contributed by atoms with van der Waals surface area (Å²) in [6.07, 6.45) is 0.